The van der Waals surface area contributed by atoms with Gasteiger partial charge in [0.05, 0.1) is 0 Å². The number of anilines is 1. The highest BCUT2D eigenvalue weighted by Gasteiger charge is 2.18. The largest absolute Gasteiger partial charge is 0.369 e. The Balaban J connectivity index is 1.58. The van der Waals surface area contributed by atoms with E-state index < -0.39 is 0 Å². The maximum atomic E-state index is 2.58. The molecular weight excluding hydrogens is 288 g/mol. The van der Waals surface area contributed by atoms with E-state index in [4.69, 9.17) is 0 Å². The molecule has 1 aliphatic heterocycles. The Labute approximate surface area is 138 Å². The molecule has 0 radical (unpaired) electrons. The van der Waals surface area contributed by atoms with E-state index >= 15 is 0 Å². The van der Waals surface area contributed by atoms with Crippen molar-refractivity contribution >= 4 is 17.0 Å². The van der Waals surface area contributed by atoms with Crippen LogP contribution in [0.25, 0.3) is 0 Å². The van der Waals surface area contributed by atoms with E-state index in [-0.39, 0.29) is 0 Å². The van der Waals surface area contributed by atoms with Gasteiger partial charge in [0.1, 0.15) is 0 Å². The molecule has 3 rings (SSSR count). The van der Waals surface area contributed by atoms with Gasteiger partial charge in [0.15, 0.2) is 0 Å². The van der Waals surface area contributed by atoms with Crippen molar-refractivity contribution in [3.63, 3.8) is 0 Å². The molecule has 1 fully saturated rings. The van der Waals surface area contributed by atoms with Crippen LogP contribution in [0.3, 0.4) is 0 Å². The van der Waals surface area contributed by atoms with Gasteiger partial charge >= 0.3 is 0 Å². The SMILES string of the molecule is Cc1ccc(CN2CCN(c3cccc(C(C)C)c3)CC2)s1. The molecule has 0 spiro atoms. The number of hydrogen-bond donors (Lipinski definition) is 0. The molecule has 1 aromatic heterocycles. The summed E-state index contributed by atoms with van der Waals surface area (Å²) in [6, 6.07) is 13.6. The highest BCUT2D eigenvalue weighted by molar-refractivity contribution is 7.11. The van der Waals surface area contributed by atoms with E-state index in [0.29, 0.717) is 5.92 Å². The maximum absolute atomic E-state index is 2.58. The topological polar surface area (TPSA) is 6.48 Å². The lowest BCUT2D eigenvalue weighted by atomic mass is 10.0. The second-order valence-corrected chi connectivity index (χ2v) is 7.90. The van der Waals surface area contributed by atoms with Crippen molar-refractivity contribution in [2.24, 2.45) is 0 Å². The summed E-state index contributed by atoms with van der Waals surface area (Å²) in [6.45, 7) is 12.4. The van der Waals surface area contributed by atoms with Crippen LogP contribution >= 0.6 is 11.3 Å². The van der Waals surface area contributed by atoms with Crippen LogP contribution in [0.1, 0.15) is 35.1 Å². The first-order chi connectivity index (χ1) is 10.6. The predicted molar refractivity (Wildman–Crippen MR) is 97.1 cm³/mol. The molecule has 1 saturated heterocycles. The normalized spacial score (nSPS) is 16.5. The van der Waals surface area contributed by atoms with Crippen molar-refractivity contribution in [1.82, 2.24) is 4.90 Å². The maximum Gasteiger partial charge on any atom is 0.0369 e. The van der Waals surface area contributed by atoms with Crippen LogP contribution in [-0.4, -0.2) is 31.1 Å². The molecule has 0 saturated carbocycles. The van der Waals surface area contributed by atoms with Gasteiger partial charge in [0.2, 0.25) is 0 Å². The lowest BCUT2D eigenvalue weighted by molar-refractivity contribution is 0.252. The molecule has 118 valence electrons. The molecule has 2 nitrogen and oxygen atoms in total. The third-order valence-electron chi connectivity index (χ3n) is 4.45. The summed E-state index contributed by atoms with van der Waals surface area (Å²) in [5.41, 5.74) is 2.83. The molecule has 1 aliphatic rings. The number of hydrogen-bond acceptors (Lipinski definition) is 3. The first-order valence-corrected chi connectivity index (χ1v) is 9.06. The summed E-state index contributed by atoms with van der Waals surface area (Å²) in [4.78, 5) is 8.02. The molecule has 2 aromatic rings. The second kappa shape index (κ2) is 6.84. The van der Waals surface area contributed by atoms with Crippen molar-refractivity contribution in [1.29, 1.82) is 0 Å². The Morgan fingerprint density at radius 1 is 1.05 bits per heavy atom. The van der Waals surface area contributed by atoms with Gasteiger partial charge < -0.3 is 4.90 Å². The monoisotopic (exact) mass is 314 g/mol. The molecule has 0 atom stereocenters. The van der Waals surface area contributed by atoms with Gasteiger partial charge in [-0.15, -0.1) is 11.3 Å². The molecule has 0 bridgehead atoms. The lowest BCUT2D eigenvalue weighted by Crippen LogP contribution is -2.45. The van der Waals surface area contributed by atoms with Gasteiger partial charge in [-0.05, 0) is 42.7 Å². The zero-order valence-corrected chi connectivity index (χ0v) is 14.7. The zero-order valence-electron chi connectivity index (χ0n) is 13.9. The number of rotatable bonds is 4. The van der Waals surface area contributed by atoms with Crippen LogP contribution in [-0.2, 0) is 6.54 Å². The number of thiophene rings is 1. The number of piperazine rings is 1. The highest BCUT2D eigenvalue weighted by Crippen LogP contribution is 2.23. The van der Waals surface area contributed by atoms with Crippen molar-refractivity contribution in [2.75, 3.05) is 31.1 Å². The number of benzene rings is 1. The van der Waals surface area contributed by atoms with E-state index in [2.05, 4.69) is 67.0 Å². The molecule has 3 heteroatoms. The lowest BCUT2D eigenvalue weighted by Gasteiger charge is -2.36. The minimum Gasteiger partial charge on any atom is -0.369 e. The molecule has 0 amide bonds. The van der Waals surface area contributed by atoms with Gasteiger partial charge in [-0.2, -0.15) is 0 Å². The third kappa shape index (κ3) is 3.71. The molecule has 0 aliphatic carbocycles. The Hall–Kier alpha value is -1.32. The zero-order chi connectivity index (χ0) is 15.5. The van der Waals surface area contributed by atoms with Crippen LogP contribution in [0.2, 0.25) is 0 Å². The fraction of sp³-hybridized carbons (Fsp3) is 0.474. The Morgan fingerprint density at radius 2 is 1.82 bits per heavy atom. The average molecular weight is 314 g/mol. The second-order valence-electron chi connectivity index (χ2n) is 6.53. The molecular formula is C19H26N2S. The minimum absolute atomic E-state index is 0.600. The van der Waals surface area contributed by atoms with Gasteiger partial charge in [-0.25, -0.2) is 0 Å². The van der Waals surface area contributed by atoms with Crippen LogP contribution in [0.4, 0.5) is 5.69 Å². The van der Waals surface area contributed by atoms with Gasteiger partial charge in [-0.3, -0.25) is 4.90 Å². The summed E-state index contributed by atoms with van der Waals surface area (Å²) >= 11 is 1.93. The average Bonchev–Trinajstić information content (AvgIpc) is 2.93. The first kappa shape index (κ1) is 15.6. The number of nitrogens with zero attached hydrogens (tertiary/aromatic N) is 2. The van der Waals surface area contributed by atoms with Gasteiger partial charge in [0, 0.05) is 48.2 Å². The van der Waals surface area contributed by atoms with E-state index in [1.54, 1.807) is 0 Å². The van der Waals surface area contributed by atoms with Crippen molar-refractivity contribution in [3.05, 3.63) is 51.7 Å². The van der Waals surface area contributed by atoms with Gasteiger partial charge in [0.25, 0.3) is 0 Å². The fourth-order valence-electron chi connectivity index (χ4n) is 3.04. The standard InChI is InChI=1S/C19H26N2S/c1-15(2)17-5-4-6-18(13-17)21-11-9-20(10-12-21)14-19-8-7-16(3)22-19/h4-8,13,15H,9-12,14H2,1-3H3. The third-order valence-corrected chi connectivity index (χ3v) is 5.44. The minimum atomic E-state index is 0.600. The molecule has 2 heterocycles. The highest BCUT2D eigenvalue weighted by atomic mass is 32.1. The van der Waals surface area contributed by atoms with Crippen molar-refractivity contribution in [3.8, 4) is 0 Å². The van der Waals surface area contributed by atoms with E-state index in [9.17, 15) is 0 Å². The fourth-order valence-corrected chi connectivity index (χ4v) is 3.97. The summed E-state index contributed by atoms with van der Waals surface area (Å²) in [7, 11) is 0. The first-order valence-electron chi connectivity index (χ1n) is 8.24. The molecule has 0 unspecified atom stereocenters. The molecule has 0 N–H and O–H groups in total. The Morgan fingerprint density at radius 3 is 2.45 bits per heavy atom. The van der Waals surface area contributed by atoms with Crippen LogP contribution < -0.4 is 4.90 Å². The summed E-state index contributed by atoms with van der Waals surface area (Å²) in [6.07, 6.45) is 0. The smallest absolute Gasteiger partial charge is 0.0369 e. The summed E-state index contributed by atoms with van der Waals surface area (Å²) in [5, 5.41) is 0. The predicted octanol–water partition coefficient (Wildman–Crippen LogP) is 4.50. The summed E-state index contributed by atoms with van der Waals surface area (Å²) < 4.78 is 0. The molecule has 22 heavy (non-hydrogen) atoms. The molecule has 1 aromatic carbocycles. The van der Waals surface area contributed by atoms with E-state index in [0.717, 1.165) is 32.7 Å². The van der Waals surface area contributed by atoms with E-state index in [1.165, 1.54) is 21.0 Å². The number of aryl methyl sites for hydroxylation is 1. The van der Waals surface area contributed by atoms with E-state index in [1.807, 2.05) is 11.3 Å². The van der Waals surface area contributed by atoms with Crippen molar-refractivity contribution < 1.29 is 0 Å². The van der Waals surface area contributed by atoms with Crippen LogP contribution in [0.15, 0.2) is 36.4 Å². The van der Waals surface area contributed by atoms with Gasteiger partial charge in [-0.1, -0.05) is 26.0 Å². The Kier molecular flexibility index (Phi) is 4.84. The van der Waals surface area contributed by atoms with Crippen LogP contribution in [0.5, 0.6) is 0 Å². The van der Waals surface area contributed by atoms with Crippen molar-refractivity contribution in [2.45, 2.75) is 33.2 Å². The summed E-state index contributed by atoms with van der Waals surface area (Å²) in [5.74, 6) is 0.600. The quantitative estimate of drug-likeness (QED) is 0.819. The van der Waals surface area contributed by atoms with Crippen LogP contribution in [0, 0.1) is 6.92 Å². The Bertz CT molecular complexity index is 609.